The molecule has 41 heavy (non-hydrogen) atoms. The molecule has 0 atom stereocenters. The van der Waals surface area contributed by atoms with Crippen molar-refractivity contribution < 1.29 is 25.8 Å². The second-order valence-electron chi connectivity index (χ2n) is 9.78. The Kier molecular flexibility index (Phi) is 6.89. The Hall–Kier alpha value is -4.22. The summed E-state index contributed by atoms with van der Waals surface area (Å²) in [7, 11) is 0. The zero-order valence-electron chi connectivity index (χ0n) is 23.8. The lowest BCUT2D eigenvalue weighted by Crippen LogP contribution is -2.32. The quantitative estimate of drug-likeness (QED) is 0.340. The maximum atomic E-state index is 16.5. The van der Waals surface area contributed by atoms with E-state index in [2.05, 4.69) is 9.97 Å². The maximum absolute atomic E-state index is 16.5. The summed E-state index contributed by atoms with van der Waals surface area (Å²) in [5.74, 6) is -4.26. The Morgan fingerprint density at radius 1 is 1.15 bits per heavy atom. The molecule has 1 aliphatic heterocycles. The summed E-state index contributed by atoms with van der Waals surface area (Å²) in [5, 5.41) is 9.78. The first-order valence-corrected chi connectivity index (χ1v) is 12.8. The molecular weight excluding hydrogens is 561 g/mol. The first-order chi connectivity index (χ1) is 20.2. The molecule has 0 spiro atoms. The number of hydrogen-bond donors (Lipinski definition) is 1. The van der Waals surface area contributed by atoms with Gasteiger partial charge in [-0.15, -0.1) is 0 Å². The van der Waals surface area contributed by atoms with Crippen LogP contribution in [0.2, 0.25) is 5.02 Å². The van der Waals surface area contributed by atoms with Gasteiger partial charge in [0.2, 0.25) is 0 Å². The van der Waals surface area contributed by atoms with Crippen LogP contribution in [0.5, 0.6) is 5.75 Å². The number of ether oxygens (including phenoxy) is 1. The number of halogens is 4. The molecule has 5 heterocycles. The largest absolute Gasteiger partial charge is 0.485 e. The van der Waals surface area contributed by atoms with E-state index < -0.39 is 63.0 Å². The molecule has 0 unspecified atom stereocenters. The minimum Gasteiger partial charge on any atom is -0.485 e. The summed E-state index contributed by atoms with van der Waals surface area (Å²) >= 11 is 6.36. The fourth-order valence-corrected chi connectivity index (χ4v) is 4.64. The molecule has 0 radical (unpaired) electrons. The average Bonchev–Trinajstić information content (AvgIpc) is 3.00. The number of aryl methyl sites for hydroxylation is 1. The normalized spacial score (nSPS) is 15.0. The molecular formula is C29H24ClF3N4O4. The molecule has 0 saturated carbocycles. The van der Waals surface area contributed by atoms with Gasteiger partial charge in [0, 0.05) is 41.3 Å². The number of aliphatic hydroxyl groups is 1. The average molecular weight is 587 g/mol. The molecule has 0 aromatic carbocycles. The van der Waals surface area contributed by atoms with E-state index in [4.69, 9.17) is 19.1 Å². The van der Waals surface area contributed by atoms with Gasteiger partial charge in [0.25, 0.3) is 11.1 Å². The monoisotopic (exact) mass is 586 g/mol. The van der Waals surface area contributed by atoms with E-state index >= 15 is 4.39 Å². The number of aromatic nitrogens is 4. The zero-order valence-corrected chi connectivity index (χ0v) is 22.5. The second-order valence-corrected chi connectivity index (χ2v) is 10.2. The molecule has 0 fully saturated rings. The summed E-state index contributed by atoms with van der Waals surface area (Å²) in [6.07, 6.45) is 7.50. The molecule has 4 aromatic rings. The molecule has 4 aromatic heterocycles. The predicted octanol–water partition coefficient (Wildman–Crippen LogP) is 4.70. The van der Waals surface area contributed by atoms with Gasteiger partial charge in [0.05, 0.1) is 20.2 Å². The molecule has 0 amide bonds. The van der Waals surface area contributed by atoms with Crippen molar-refractivity contribution in [2.45, 2.75) is 45.3 Å². The first-order valence-electron chi connectivity index (χ1n) is 13.4. The van der Waals surface area contributed by atoms with Crippen LogP contribution in [0.1, 0.15) is 45.5 Å². The van der Waals surface area contributed by atoms with Crippen molar-refractivity contribution in [1.29, 1.82) is 0 Å². The summed E-state index contributed by atoms with van der Waals surface area (Å²) in [6.45, 7) is -0.151. The topological polar surface area (TPSA) is 99.2 Å². The van der Waals surface area contributed by atoms with Gasteiger partial charge in [-0.25, -0.2) is 18.2 Å². The van der Waals surface area contributed by atoms with Crippen molar-refractivity contribution >= 4 is 11.6 Å². The molecule has 212 valence electrons. The van der Waals surface area contributed by atoms with Crippen molar-refractivity contribution in [3.8, 4) is 17.3 Å². The first kappa shape index (κ1) is 25.7. The van der Waals surface area contributed by atoms with Crippen LogP contribution < -0.4 is 15.9 Å². The van der Waals surface area contributed by atoms with Gasteiger partial charge in [0.15, 0.2) is 17.5 Å². The van der Waals surface area contributed by atoms with E-state index in [0.29, 0.717) is 18.7 Å². The number of pyridine rings is 4. The Morgan fingerprint density at radius 3 is 2.66 bits per heavy atom. The van der Waals surface area contributed by atoms with Gasteiger partial charge >= 0.3 is 0 Å². The Bertz CT molecular complexity index is 1900. The Labute approximate surface area is 239 Å². The second kappa shape index (κ2) is 11.0. The van der Waals surface area contributed by atoms with Crippen molar-refractivity contribution in [3.63, 3.8) is 0 Å². The van der Waals surface area contributed by atoms with Crippen LogP contribution in [-0.2, 0) is 25.0 Å². The van der Waals surface area contributed by atoms with Gasteiger partial charge in [-0.1, -0.05) is 23.8 Å². The third kappa shape index (κ3) is 5.42. The maximum Gasteiger partial charge on any atom is 0.278 e. The number of rotatable bonds is 5. The SMILES string of the molecule is [2H]C([2H])(Oc1cc2n(c(=O)c1Cl)-c1c(cnc(-n3cccc(C(C)(C)O)c3=O)c1F)C/C=C\CC2)c1ncc(F)cc1F. The zero-order chi connectivity index (χ0) is 31.3. The van der Waals surface area contributed by atoms with Crippen LogP contribution in [-0.4, -0.2) is 24.2 Å². The highest BCUT2D eigenvalue weighted by Gasteiger charge is 2.27. The number of nitrogens with zero attached hydrogens (tertiary/aromatic N) is 4. The van der Waals surface area contributed by atoms with Gasteiger partial charge in [0.1, 0.15) is 28.8 Å². The minimum absolute atomic E-state index is 0.00793. The van der Waals surface area contributed by atoms with Crippen LogP contribution in [0.25, 0.3) is 11.5 Å². The van der Waals surface area contributed by atoms with E-state index in [1.165, 1.54) is 44.4 Å². The lowest BCUT2D eigenvalue weighted by atomic mass is 10.0. The number of allylic oxidation sites excluding steroid dienone is 2. The standard InChI is InChI=1S/C29H24ClF3N4O4/c1-29(2,40)19-9-6-10-36(27(19)38)26-24(33)25-16(13-35-26)7-4-3-5-8-18-12-22(23(30)28(39)37(18)25)41-15-21-20(32)11-17(31)14-34-21/h3-4,6,9-14,40H,5,7-8,15H2,1-2H3/b4-3-/i15D2. The van der Waals surface area contributed by atoms with E-state index in [9.17, 15) is 23.5 Å². The number of hydrogen-bond acceptors (Lipinski definition) is 6. The van der Waals surface area contributed by atoms with Crippen LogP contribution in [0.3, 0.4) is 0 Å². The highest BCUT2D eigenvalue weighted by Crippen LogP contribution is 2.30. The third-order valence-corrected chi connectivity index (χ3v) is 6.79. The smallest absolute Gasteiger partial charge is 0.278 e. The van der Waals surface area contributed by atoms with E-state index in [0.717, 1.165) is 9.13 Å². The molecule has 1 N–H and O–H groups in total. The van der Waals surface area contributed by atoms with Crippen LogP contribution >= 0.6 is 11.6 Å². The van der Waals surface area contributed by atoms with Gasteiger partial charge < -0.3 is 9.84 Å². The van der Waals surface area contributed by atoms with Gasteiger partial charge in [-0.05, 0) is 45.2 Å². The van der Waals surface area contributed by atoms with Gasteiger partial charge in [-0.2, -0.15) is 0 Å². The van der Waals surface area contributed by atoms with Crippen molar-refractivity contribution in [1.82, 2.24) is 19.1 Å². The van der Waals surface area contributed by atoms with E-state index in [-0.39, 0.29) is 35.3 Å². The fourth-order valence-electron chi connectivity index (χ4n) is 4.46. The van der Waals surface area contributed by atoms with Crippen LogP contribution in [0, 0.1) is 17.5 Å². The van der Waals surface area contributed by atoms with Crippen LogP contribution in [0.15, 0.2) is 64.6 Å². The number of fused-ring (bicyclic) bond motifs is 3. The highest BCUT2D eigenvalue weighted by atomic mass is 35.5. The molecule has 0 saturated heterocycles. The van der Waals surface area contributed by atoms with Crippen molar-refractivity contribution in [3.05, 3.63) is 121 Å². The summed E-state index contributed by atoms with van der Waals surface area (Å²) in [5.41, 5.74) is -3.90. The van der Waals surface area contributed by atoms with E-state index in [1.54, 1.807) is 12.2 Å². The lowest BCUT2D eigenvalue weighted by molar-refractivity contribution is 0.0767. The van der Waals surface area contributed by atoms with Crippen LogP contribution in [0.4, 0.5) is 13.2 Å². The minimum atomic E-state index is -2.97. The van der Waals surface area contributed by atoms with E-state index in [1.807, 2.05) is 0 Å². The Balaban J connectivity index is 1.71. The fraction of sp³-hybridized carbons (Fsp3) is 0.241. The van der Waals surface area contributed by atoms with Crippen molar-refractivity contribution in [2.75, 3.05) is 0 Å². The van der Waals surface area contributed by atoms with Crippen molar-refractivity contribution in [2.24, 2.45) is 0 Å². The predicted molar refractivity (Wildman–Crippen MR) is 145 cm³/mol. The summed E-state index contributed by atoms with van der Waals surface area (Å²) in [6, 6.07) is 4.52. The lowest BCUT2D eigenvalue weighted by Gasteiger charge is -2.21. The van der Waals surface area contributed by atoms with Gasteiger partial charge in [-0.3, -0.25) is 23.7 Å². The Morgan fingerprint density at radius 2 is 1.93 bits per heavy atom. The molecule has 12 heteroatoms. The summed E-state index contributed by atoms with van der Waals surface area (Å²) in [4.78, 5) is 34.6. The molecule has 1 aliphatic rings. The molecule has 0 bridgehead atoms. The molecule has 5 rings (SSSR count). The third-order valence-electron chi connectivity index (χ3n) is 6.44. The molecule has 8 nitrogen and oxygen atoms in total. The highest BCUT2D eigenvalue weighted by molar-refractivity contribution is 6.31. The molecule has 0 aliphatic carbocycles. The summed E-state index contributed by atoms with van der Waals surface area (Å²) < 4.78 is 67.9.